The number of rotatable bonds is 4. The fraction of sp³-hybridized carbons (Fsp3) is 0.250. The lowest BCUT2D eigenvalue weighted by molar-refractivity contribution is -0.135. The molecule has 8 nitrogen and oxygen atoms in total. The summed E-state index contributed by atoms with van der Waals surface area (Å²) < 4.78 is 10.7. The summed E-state index contributed by atoms with van der Waals surface area (Å²) in [5, 5.41) is 5.73. The number of nitrogens with one attached hydrogen (secondary N) is 2. The zero-order valence-electron chi connectivity index (χ0n) is 15.5. The number of methoxy groups -OCH3 is 1. The van der Waals surface area contributed by atoms with Gasteiger partial charge >= 0.3 is 6.03 Å². The third-order valence-electron chi connectivity index (χ3n) is 4.99. The first-order valence-electron chi connectivity index (χ1n) is 8.94. The number of hydrogen-bond donors (Lipinski definition) is 2. The summed E-state index contributed by atoms with van der Waals surface area (Å²) in [6.45, 7) is -0.132. The quantitative estimate of drug-likeness (QED) is 0.748. The Morgan fingerprint density at radius 1 is 1.31 bits per heavy atom. The number of anilines is 1. The van der Waals surface area contributed by atoms with E-state index < -0.39 is 29.9 Å². The van der Waals surface area contributed by atoms with Crippen molar-refractivity contribution < 1.29 is 23.9 Å². The molecule has 2 aromatic carbocycles. The molecule has 2 heterocycles. The summed E-state index contributed by atoms with van der Waals surface area (Å²) in [5.74, 6) is 0.0266. The van der Waals surface area contributed by atoms with Crippen molar-refractivity contribution >= 4 is 35.1 Å². The standard InChI is InChI=1S/C20H18ClN3O5/c1-28-16-7-6-12(10-14(16)21)22-17(25)11-24-18(26)20(23-19(24)27)8-9-29-15-5-3-2-4-13(15)20/h2-7,10H,8-9,11H2,1H3,(H,22,25)(H,23,27)/t20-/m0/s1. The number of para-hydroxylation sites is 1. The fourth-order valence-corrected chi connectivity index (χ4v) is 3.86. The van der Waals surface area contributed by atoms with E-state index in [0.29, 0.717) is 34.2 Å². The highest BCUT2D eigenvalue weighted by atomic mass is 35.5. The van der Waals surface area contributed by atoms with Gasteiger partial charge in [-0.15, -0.1) is 0 Å². The lowest BCUT2D eigenvalue weighted by atomic mass is 9.84. The van der Waals surface area contributed by atoms with Gasteiger partial charge in [-0.25, -0.2) is 4.79 Å². The minimum Gasteiger partial charge on any atom is -0.495 e. The Labute approximate surface area is 171 Å². The van der Waals surface area contributed by atoms with Gasteiger partial charge < -0.3 is 20.1 Å². The first-order chi connectivity index (χ1) is 13.9. The normalized spacial score (nSPS) is 20.1. The number of imide groups is 1. The first-order valence-corrected chi connectivity index (χ1v) is 9.32. The van der Waals surface area contributed by atoms with Gasteiger partial charge in [0.05, 0.1) is 18.7 Å². The molecule has 2 aromatic rings. The number of carbonyl (C=O) groups is 3. The van der Waals surface area contributed by atoms with Gasteiger partial charge in [-0.3, -0.25) is 14.5 Å². The van der Waals surface area contributed by atoms with E-state index in [1.807, 2.05) is 0 Å². The van der Waals surface area contributed by atoms with E-state index >= 15 is 0 Å². The van der Waals surface area contributed by atoms with Crippen LogP contribution in [0.3, 0.4) is 0 Å². The number of nitrogens with zero attached hydrogens (tertiary/aromatic N) is 1. The van der Waals surface area contributed by atoms with Crippen LogP contribution in [0.15, 0.2) is 42.5 Å². The molecule has 9 heteroatoms. The fourth-order valence-electron chi connectivity index (χ4n) is 3.60. The van der Waals surface area contributed by atoms with Crippen molar-refractivity contribution in [1.82, 2.24) is 10.2 Å². The lowest BCUT2D eigenvalue weighted by Gasteiger charge is -2.33. The summed E-state index contributed by atoms with van der Waals surface area (Å²) in [6.07, 6.45) is 0.292. The molecule has 1 spiro atoms. The van der Waals surface area contributed by atoms with Crippen molar-refractivity contribution in [2.24, 2.45) is 0 Å². The van der Waals surface area contributed by atoms with Crippen molar-refractivity contribution in [2.45, 2.75) is 12.0 Å². The van der Waals surface area contributed by atoms with E-state index in [1.165, 1.54) is 13.2 Å². The molecule has 2 N–H and O–H groups in total. The third-order valence-corrected chi connectivity index (χ3v) is 5.29. The lowest BCUT2D eigenvalue weighted by Crippen LogP contribution is -2.48. The van der Waals surface area contributed by atoms with Gasteiger partial charge in [0, 0.05) is 17.7 Å². The Balaban J connectivity index is 1.52. The molecule has 0 unspecified atom stereocenters. The molecular formula is C20H18ClN3O5. The second-order valence-corrected chi connectivity index (χ2v) is 7.13. The van der Waals surface area contributed by atoms with E-state index in [0.717, 1.165) is 4.90 Å². The van der Waals surface area contributed by atoms with Crippen LogP contribution in [-0.4, -0.2) is 43.0 Å². The topological polar surface area (TPSA) is 97.0 Å². The van der Waals surface area contributed by atoms with Crippen LogP contribution in [0.1, 0.15) is 12.0 Å². The SMILES string of the molecule is COc1ccc(NC(=O)CN2C(=O)N[C@]3(CCOc4ccccc43)C2=O)cc1Cl. The van der Waals surface area contributed by atoms with Crippen molar-refractivity contribution in [1.29, 1.82) is 0 Å². The molecule has 1 fully saturated rings. The van der Waals surface area contributed by atoms with E-state index in [2.05, 4.69) is 10.6 Å². The predicted octanol–water partition coefficient (Wildman–Crippen LogP) is 2.52. The third kappa shape index (κ3) is 3.25. The monoisotopic (exact) mass is 415 g/mol. The zero-order chi connectivity index (χ0) is 20.6. The van der Waals surface area contributed by atoms with Gasteiger partial charge in [0.1, 0.15) is 18.0 Å². The van der Waals surface area contributed by atoms with E-state index in [1.54, 1.807) is 36.4 Å². The van der Waals surface area contributed by atoms with Gasteiger partial charge in [-0.05, 0) is 24.3 Å². The van der Waals surface area contributed by atoms with E-state index in [4.69, 9.17) is 21.1 Å². The van der Waals surface area contributed by atoms with Crippen molar-refractivity contribution in [2.75, 3.05) is 25.6 Å². The number of halogens is 1. The minimum absolute atomic E-state index is 0.285. The number of hydrogen-bond acceptors (Lipinski definition) is 5. The van der Waals surface area contributed by atoms with Crippen molar-refractivity contribution in [3.8, 4) is 11.5 Å². The van der Waals surface area contributed by atoms with Crippen LogP contribution < -0.4 is 20.1 Å². The van der Waals surface area contributed by atoms with Gasteiger partial charge in [0.25, 0.3) is 5.91 Å². The van der Waals surface area contributed by atoms with Gasteiger partial charge in [0.2, 0.25) is 5.91 Å². The highest BCUT2D eigenvalue weighted by Gasteiger charge is 2.55. The predicted molar refractivity (Wildman–Crippen MR) is 105 cm³/mol. The first kappa shape index (κ1) is 19.1. The molecule has 1 atom stereocenters. The maximum absolute atomic E-state index is 13.2. The largest absolute Gasteiger partial charge is 0.495 e. The van der Waals surface area contributed by atoms with Crippen molar-refractivity contribution in [3.05, 3.63) is 53.1 Å². The van der Waals surface area contributed by atoms with Crippen LogP contribution in [0, 0.1) is 0 Å². The van der Waals surface area contributed by atoms with E-state index in [-0.39, 0.29) is 6.61 Å². The number of fused-ring (bicyclic) bond motifs is 2. The molecule has 0 bridgehead atoms. The summed E-state index contributed by atoms with van der Waals surface area (Å²) in [6, 6.07) is 11.2. The maximum Gasteiger partial charge on any atom is 0.325 e. The summed E-state index contributed by atoms with van der Waals surface area (Å²) in [5.41, 5.74) is -0.191. The molecule has 2 aliphatic rings. The summed E-state index contributed by atoms with van der Waals surface area (Å²) in [7, 11) is 1.49. The molecule has 150 valence electrons. The number of carbonyl (C=O) groups excluding carboxylic acids is 3. The molecule has 4 amide bonds. The second kappa shape index (κ2) is 7.29. The Morgan fingerprint density at radius 3 is 2.86 bits per heavy atom. The molecule has 0 radical (unpaired) electrons. The Hall–Kier alpha value is -3.26. The number of amides is 4. The minimum atomic E-state index is -1.21. The van der Waals surface area contributed by atoms with Crippen LogP contribution in [0.2, 0.25) is 5.02 Å². The highest BCUT2D eigenvalue weighted by molar-refractivity contribution is 6.32. The van der Waals surface area contributed by atoms with Crippen LogP contribution in [0.25, 0.3) is 0 Å². The summed E-state index contributed by atoms with van der Waals surface area (Å²) >= 11 is 6.06. The van der Waals surface area contributed by atoms with Gasteiger partial charge in [-0.2, -0.15) is 0 Å². The number of ether oxygens (including phenoxy) is 2. The second-order valence-electron chi connectivity index (χ2n) is 6.72. The molecule has 29 heavy (non-hydrogen) atoms. The maximum atomic E-state index is 13.2. The van der Waals surface area contributed by atoms with Crippen LogP contribution in [0.4, 0.5) is 10.5 Å². The average molecular weight is 416 g/mol. The Bertz CT molecular complexity index is 1010. The van der Waals surface area contributed by atoms with E-state index in [9.17, 15) is 14.4 Å². The highest BCUT2D eigenvalue weighted by Crippen LogP contribution is 2.40. The van der Waals surface area contributed by atoms with Crippen LogP contribution in [0.5, 0.6) is 11.5 Å². The summed E-state index contributed by atoms with van der Waals surface area (Å²) in [4.78, 5) is 39.1. The average Bonchev–Trinajstić information content (AvgIpc) is 2.93. The Morgan fingerprint density at radius 2 is 2.10 bits per heavy atom. The molecular weight excluding hydrogens is 398 g/mol. The van der Waals surface area contributed by atoms with Crippen LogP contribution in [-0.2, 0) is 15.1 Å². The van der Waals surface area contributed by atoms with Gasteiger partial charge in [0.15, 0.2) is 5.54 Å². The molecule has 1 saturated heterocycles. The molecule has 4 rings (SSSR count). The van der Waals surface area contributed by atoms with Crippen LogP contribution >= 0.6 is 11.6 Å². The smallest absolute Gasteiger partial charge is 0.325 e. The Kier molecular flexibility index (Phi) is 4.79. The molecule has 2 aliphatic heterocycles. The van der Waals surface area contributed by atoms with Crippen molar-refractivity contribution in [3.63, 3.8) is 0 Å². The molecule has 0 aliphatic carbocycles. The number of benzene rings is 2. The molecule has 0 saturated carbocycles. The zero-order valence-corrected chi connectivity index (χ0v) is 16.3. The molecule has 0 aromatic heterocycles. The van der Waals surface area contributed by atoms with Gasteiger partial charge in [-0.1, -0.05) is 29.8 Å². The number of urea groups is 1.